The first-order valence-corrected chi connectivity index (χ1v) is 8.95. The Hall–Kier alpha value is -1.92. The van der Waals surface area contributed by atoms with Gasteiger partial charge in [0.2, 0.25) is 5.91 Å². The second-order valence-electron chi connectivity index (χ2n) is 8.94. The zero-order chi connectivity index (χ0) is 19.7. The number of β-amino-alcohol motifs (C(OH)–C–C–N with tert-alkyl or cyclic N) is 1. The van der Waals surface area contributed by atoms with Crippen LogP contribution in [0.5, 0.6) is 0 Å². The molecule has 6 nitrogen and oxygen atoms in total. The number of aliphatic hydroxyl groups excluding tert-OH is 2. The quantitative estimate of drug-likeness (QED) is 0.758. The van der Waals surface area contributed by atoms with Gasteiger partial charge in [-0.2, -0.15) is 0 Å². The molecule has 1 aliphatic rings. The Bertz CT molecular complexity index is 652. The molecule has 2 rings (SSSR count). The fraction of sp³-hybridized carbons (Fsp3) is 0.600. The Labute approximate surface area is 155 Å². The minimum atomic E-state index is -1.31. The summed E-state index contributed by atoms with van der Waals surface area (Å²) in [5.74, 6) is -0.831. The largest absolute Gasteiger partial charge is 0.388 e. The van der Waals surface area contributed by atoms with Gasteiger partial charge in [-0.05, 0) is 37.8 Å². The van der Waals surface area contributed by atoms with E-state index in [1.165, 1.54) is 4.90 Å². The first kappa shape index (κ1) is 20.4. The zero-order valence-electron chi connectivity index (χ0n) is 16.2. The normalized spacial score (nSPS) is 23.8. The molecule has 1 fully saturated rings. The van der Waals surface area contributed by atoms with E-state index in [9.17, 15) is 19.8 Å². The molecular formula is C20H30N2O4. The van der Waals surface area contributed by atoms with Crippen molar-refractivity contribution in [3.63, 3.8) is 0 Å². The first-order chi connectivity index (χ1) is 11.9. The van der Waals surface area contributed by atoms with Crippen LogP contribution in [0, 0.1) is 5.41 Å². The third-order valence-electron chi connectivity index (χ3n) is 4.42. The predicted octanol–water partition coefficient (Wildman–Crippen LogP) is 1.56. The molecule has 1 saturated heterocycles. The molecule has 2 amide bonds. The summed E-state index contributed by atoms with van der Waals surface area (Å²) in [6, 6.07) is 7.45. The van der Waals surface area contributed by atoms with Crippen molar-refractivity contribution in [1.82, 2.24) is 10.2 Å². The van der Waals surface area contributed by atoms with E-state index in [1.807, 2.05) is 13.8 Å². The van der Waals surface area contributed by atoms with Gasteiger partial charge in [0.1, 0.15) is 18.2 Å². The van der Waals surface area contributed by atoms with Crippen LogP contribution in [-0.4, -0.2) is 57.3 Å². The SMILES string of the molecule is CC(C)(C)CC(C)(C)NC(=O)[C@@H]1[C@@H](O)[C@@H](O)CN1C(=O)c1ccccc1. The molecular weight excluding hydrogens is 332 g/mol. The molecule has 0 saturated carbocycles. The molecule has 0 spiro atoms. The van der Waals surface area contributed by atoms with E-state index < -0.39 is 29.7 Å². The monoisotopic (exact) mass is 362 g/mol. The molecule has 0 aromatic heterocycles. The van der Waals surface area contributed by atoms with Gasteiger partial charge in [0.15, 0.2) is 0 Å². The molecule has 0 aliphatic carbocycles. The summed E-state index contributed by atoms with van der Waals surface area (Å²) >= 11 is 0. The molecule has 26 heavy (non-hydrogen) atoms. The van der Waals surface area contributed by atoms with Crippen molar-refractivity contribution in [2.75, 3.05) is 6.54 Å². The van der Waals surface area contributed by atoms with Gasteiger partial charge in [0.05, 0.1) is 6.54 Å². The minimum absolute atomic E-state index is 0.00410. The second-order valence-corrected chi connectivity index (χ2v) is 8.94. The number of amides is 2. The number of carbonyl (C=O) groups is 2. The Morgan fingerprint density at radius 3 is 2.23 bits per heavy atom. The van der Waals surface area contributed by atoms with Crippen LogP contribution >= 0.6 is 0 Å². The second kappa shape index (κ2) is 7.37. The summed E-state index contributed by atoms with van der Waals surface area (Å²) in [7, 11) is 0. The lowest BCUT2D eigenvalue weighted by Crippen LogP contribution is -2.56. The molecule has 0 bridgehead atoms. The number of nitrogens with zero attached hydrogens (tertiary/aromatic N) is 1. The van der Waals surface area contributed by atoms with Crippen LogP contribution in [0.3, 0.4) is 0 Å². The third-order valence-corrected chi connectivity index (χ3v) is 4.42. The van der Waals surface area contributed by atoms with Crippen molar-refractivity contribution in [2.45, 2.75) is 64.8 Å². The summed E-state index contributed by atoms with van der Waals surface area (Å²) in [6.45, 7) is 10.0. The molecule has 6 heteroatoms. The Kier molecular flexibility index (Phi) is 5.78. The molecule has 1 aromatic rings. The van der Waals surface area contributed by atoms with Crippen LogP contribution < -0.4 is 5.32 Å². The van der Waals surface area contributed by atoms with Crippen molar-refractivity contribution >= 4 is 11.8 Å². The molecule has 1 aliphatic heterocycles. The maximum atomic E-state index is 12.9. The average Bonchev–Trinajstić information content (AvgIpc) is 2.80. The van der Waals surface area contributed by atoms with E-state index in [1.54, 1.807) is 30.3 Å². The number of carbonyl (C=O) groups excluding carboxylic acids is 2. The number of rotatable bonds is 4. The van der Waals surface area contributed by atoms with Crippen molar-refractivity contribution < 1.29 is 19.8 Å². The van der Waals surface area contributed by atoms with Crippen LogP contribution in [0.4, 0.5) is 0 Å². The summed E-state index contributed by atoms with van der Waals surface area (Å²) in [4.78, 5) is 26.9. The van der Waals surface area contributed by atoms with Gasteiger partial charge in [-0.3, -0.25) is 9.59 Å². The summed E-state index contributed by atoms with van der Waals surface area (Å²) in [6.07, 6.45) is -1.73. The molecule has 1 heterocycles. The summed E-state index contributed by atoms with van der Waals surface area (Å²) < 4.78 is 0. The number of hydrogen-bond acceptors (Lipinski definition) is 4. The highest BCUT2D eigenvalue weighted by molar-refractivity contribution is 5.98. The van der Waals surface area contributed by atoms with E-state index in [0.29, 0.717) is 5.56 Å². The van der Waals surface area contributed by atoms with Gasteiger partial charge in [-0.25, -0.2) is 0 Å². The minimum Gasteiger partial charge on any atom is -0.388 e. The lowest BCUT2D eigenvalue weighted by atomic mass is 9.81. The highest BCUT2D eigenvalue weighted by Crippen LogP contribution is 2.28. The molecule has 3 N–H and O–H groups in total. The van der Waals surface area contributed by atoms with E-state index in [0.717, 1.165) is 6.42 Å². The molecule has 0 radical (unpaired) electrons. The first-order valence-electron chi connectivity index (χ1n) is 8.95. The average molecular weight is 362 g/mol. The smallest absolute Gasteiger partial charge is 0.254 e. The van der Waals surface area contributed by atoms with Crippen LogP contribution in [0.25, 0.3) is 0 Å². The fourth-order valence-corrected chi connectivity index (χ4v) is 3.85. The predicted molar refractivity (Wildman–Crippen MR) is 99.6 cm³/mol. The topological polar surface area (TPSA) is 89.9 Å². The maximum Gasteiger partial charge on any atom is 0.254 e. The lowest BCUT2D eigenvalue weighted by molar-refractivity contribution is -0.129. The standard InChI is InChI=1S/C20H30N2O4/c1-19(2,3)12-20(4,5)21-17(25)15-16(24)14(23)11-22(15)18(26)13-9-7-6-8-10-13/h6-10,14-16,23-24H,11-12H2,1-5H3,(H,21,25)/t14-,15-,16-/m0/s1. The van der Waals surface area contributed by atoms with Crippen molar-refractivity contribution in [1.29, 1.82) is 0 Å². The van der Waals surface area contributed by atoms with Gasteiger partial charge in [-0.15, -0.1) is 0 Å². The molecule has 3 atom stereocenters. The third kappa shape index (κ3) is 4.83. The van der Waals surface area contributed by atoms with Gasteiger partial charge >= 0.3 is 0 Å². The fourth-order valence-electron chi connectivity index (χ4n) is 3.85. The van der Waals surface area contributed by atoms with E-state index in [2.05, 4.69) is 26.1 Å². The number of hydrogen-bond donors (Lipinski definition) is 3. The summed E-state index contributed by atoms with van der Waals surface area (Å²) in [5.41, 5.74) is -0.0886. The lowest BCUT2D eigenvalue weighted by Gasteiger charge is -2.35. The highest BCUT2D eigenvalue weighted by atomic mass is 16.3. The number of likely N-dealkylation sites (tertiary alicyclic amines) is 1. The van der Waals surface area contributed by atoms with E-state index >= 15 is 0 Å². The van der Waals surface area contributed by atoms with Crippen molar-refractivity contribution in [3.05, 3.63) is 35.9 Å². The molecule has 144 valence electrons. The van der Waals surface area contributed by atoms with Crippen LogP contribution in [0.15, 0.2) is 30.3 Å². The Balaban J connectivity index is 2.21. The van der Waals surface area contributed by atoms with Crippen LogP contribution in [-0.2, 0) is 4.79 Å². The Morgan fingerprint density at radius 2 is 1.69 bits per heavy atom. The zero-order valence-corrected chi connectivity index (χ0v) is 16.2. The van der Waals surface area contributed by atoms with Crippen molar-refractivity contribution in [3.8, 4) is 0 Å². The Morgan fingerprint density at radius 1 is 1.12 bits per heavy atom. The van der Waals surface area contributed by atoms with Gasteiger partial charge in [0, 0.05) is 11.1 Å². The van der Waals surface area contributed by atoms with E-state index in [4.69, 9.17) is 0 Å². The number of aliphatic hydroxyl groups is 2. The number of benzene rings is 1. The van der Waals surface area contributed by atoms with Crippen molar-refractivity contribution in [2.24, 2.45) is 5.41 Å². The molecule has 1 aromatic carbocycles. The van der Waals surface area contributed by atoms with Gasteiger partial charge < -0.3 is 20.4 Å². The summed E-state index contributed by atoms with van der Waals surface area (Å²) in [5, 5.41) is 23.3. The number of nitrogens with one attached hydrogen (secondary N) is 1. The maximum absolute atomic E-state index is 12.9. The van der Waals surface area contributed by atoms with Gasteiger partial charge in [-0.1, -0.05) is 39.0 Å². The molecule has 0 unspecified atom stereocenters. The van der Waals surface area contributed by atoms with Crippen LogP contribution in [0.2, 0.25) is 0 Å². The van der Waals surface area contributed by atoms with E-state index in [-0.39, 0.29) is 17.9 Å². The van der Waals surface area contributed by atoms with Crippen LogP contribution in [0.1, 0.15) is 51.4 Å². The highest BCUT2D eigenvalue weighted by Gasteiger charge is 2.47. The van der Waals surface area contributed by atoms with Gasteiger partial charge in [0.25, 0.3) is 5.91 Å².